The van der Waals surface area contributed by atoms with Crippen molar-refractivity contribution in [2.75, 3.05) is 0 Å². The Morgan fingerprint density at radius 1 is 1.08 bits per heavy atom. The van der Waals surface area contributed by atoms with Crippen LogP contribution in [0.3, 0.4) is 0 Å². The van der Waals surface area contributed by atoms with Gasteiger partial charge < -0.3 is 5.32 Å². The van der Waals surface area contributed by atoms with E-state index in [1.807, 2.05) is 0 Å². The lowest BCUT2D eigenvalue weighted by molar-refractivity contribution is -0.0688. The topological polar surface area (TPSA) is 89.3 Å². The number of sulfonamides is 1. The quantitative estimate of drug-likeness (QED) is 0.863. The van der Waals surface area contributed by atoms with Crippen LogP contribution < -0.4 is 10.5 Å². The van der Waals surface area contributed by atoms with E-state index in [4.69, 9.17) is 5.14 Å². The zero-order valence-corrected chi connectivity index (χ0v) is 15.4. The molecular weight excluding hydrogens is 336 g/mol. The molecule has 0 radical (unpaired) electrons. The third-order valence-electron chi connectivity index (χ3n) is 6.80. The average molecular weight is 362 g/mol. The average Bonchev–Trinajstić information content (AvgIpc) is 2.52. The summed E-state index contributed by atoms with van der Waals surface area (Å²) in [5.41, 5.74) is 0.731. The molecule has 6 heteroatoms. The summed E-state index contributed by atoms with van der Waals surface area (Å²) in [6, 6.07) is 5.98. The summed E-state index contributed by atoms with van der Waals surface area (Å²) in [5, 5.41) is 8.30. The maximum Gasteiger partial charge on any atom is 0.251 e. The highest BCUT2D eigenvalue weighted by Gasteiger charge is 2.53. The molecule has 0 saturated heterocycles. The Balaban J connectivity index is 1.47. The van der Waals surface area contributed by atoms with E-state index in [9.17, 15) is 13.2 Å². The van der Waals surface area contributed by atoms with Gasteiger partial charge >= 0.3 is 0 Å². The predicted molar refractivity (Wildman–Crippen MR) is 95.3 cm³/mol. The number of hydrogen-bond donors (Lipinski definition) is 2. The van der Waals surface area contributed by atoms with Crippen molar-refractivity contribution in [3.05, 3.63) is 29.8 Å². The number of carbonyl (C=O) groups is 1. The summed E-state index contributed by atoms with van der Waals surface area (Å²) in [4.78, 5) is 12.6. The number of benzene rings is 1. The van der Waals surface area contributed by atoms with Crippen molar-refractivity contribution in [2.45, 2.75) is 56.4 Å². The van der Waals surface area contributed by atoms with Crippen molar-refractivity contribution in [2.24, 2.45) is 28.3 Å². The molecule has 1 aromatic rings. The second-order valence-electron chi connectivity index (χ2n) is 8.54. The fourth-order valence-corrected chi connectivity index (χ4v) is 6.45. The molecule has 0 spiro atoms. The van der Waals surface area contributed by atoms with Crippen LogP contribution in [-0.2, 0) is 10.0 Å². The first-order chi connectivity index (χ1) is 11.7. The summed E-state index contributed by atoms with van der Waals surface area (Å²) in [5.74, 6) is 2.41. The second kappa shape index (κ2) is 5.81. The number of primary sulfonamides is 1. The van der Waals surface area contributed by atoms with Crippen LogP contribution in [0.15, 0.2) is 29.2 Å². The zero-order valence-electron chi connectivity index (χ0n) is 14.6. The molecular formula is C19H26N2O3S. The van der Waals surface area contributed by atoms with Crippen LogP contribution in [0, 0.1) is 23.2 Å². The molecule has 4 aliphatic carbocycles. The maximum absolute atomic E-state index is 12.6. The van der Waals surface area contributed by atoms with Crippen LogP contribution in [-0.4, -0.2) is 20.4 Å². The molecule has 0 unspecified atom stereocenters. The van der Waals surface area contributed by atoms with Crippen molar-refractivity contribution in [1.82, 2.24) is 5.32 Å². The normalized spacial score (nSPS) is 34.7. The van der Waals surface area contributed by atoms with Crippen LogP contribution >= 0.6 is 0 Å². The van der Waals surface area contributed by atoms with E-state index in [2.05, 4.69) is 12.2 Å². The first kappa shape index (κ1) is 17.0. The van der Waals surface area contributed by atoms with E-state index in [-0.39, 0.29) is 22.3 Å². The van der Waals surface area contributed by atoms with Gasteiger partial charge in [-0.25, -0.2) is 13.6 Å². The van der Waals surface area contributed by atoms with Gasteiger partial charge in [-0.3, -0.25) is 4.79 Å². The summed E-state index contributed by atoms with van der Waals surface area (Å²) < 4.78 is 22.7. The smallest absolute Gasteiger partial charge is 0.251 e. The molecule has 0 heterocycles. The van der Waals surface area contributed by atoms with Crippen molar-refractivity contribution >= 4 is 15.9 Å². The largest absolute Gasteiger partial charge is 0.349 e. The molecule has 4 aliphatic rings. The molecule has 4 fully saturated rings. The van der Waals surface area contributed by atoms with Gasteiger partial charge in [-0.05, 0) is 92.9 Å². The number of hydrogen-bond acceptors (Lipinski definition) is 3. The maximum atomic E-state index is 12.6. The molecule has 1 amide bonds. The number of rotatable bonds is 4. The van der Waals surface area contributed by atoms with Crippen LogP contribution in [0.5, 0.6) is 0 Å². The minimum Gasteiger partial charge on any atom is -0.349 e. The van der Waals surface area contributed by atoms with Gasteiger partial charge in [-0.2, -0.15) is 0 Å². The molecule has 3 N–H and O–H groups in total. The van der Waals surface area contributed by atoms with Gasteiger partial charge in [0.2, 0.25) is 10.0 Å². The van der Waals surface area contributed by atoms with Crippen LogP contribution in [0.4, 0.5) is 0 Å². The van der Waals surface area contributed by atoms with Crippen LogP contribution in [0.1, 0.15) is 55.8 Å². The van der Waals surface area contributed by atoms with Crippen molar-refractivity contribution in [3.63, 3.8) is 0 Å². The molecule has 136 valence electrons. The van der Waals surface area contributed by atoms with E-state index in [1.54, 1.807) is 0 Å². The minimum absolute atomic E-state index is 0.0261. The standard InChI is InChI=1S/C19H26N2O3S/c1-12(19-9-13-6-14(10-19)8-15(7-13)11-19)21-18(22)16-2-4-17(5-3-16)25(20,23)24/h2-5,12-15H,6-11H2,1H3,(H,21,22)(H2,20,23,24)/t12-,13?,14?,15?,19?/m0/s1. The lowest BCUT2D eigenvalue weighted by atomic mass is 9.48. The van der Waals surface area contributed by atoms with E-state index >= 15 is 0 Å². The molecule has 4 bridgehead atoms. The number of nitrogens with two attached hydrogens (primary N) is 1. The summed E-state index contributed by atoms with van der Waals surface area (Å²) in [6.07, 6.45) is 7.87. The van der Waals surface area contributed by atoms with Gasteiger partial charge in [-0.1, -0.05) is 0 Å². The first-order valence-corrected chi connectivity index (χ1v) is 10.7. The highest BCUT2D eigenvalue weighted by atomic mass is 32.2. The third-order valence-corrected chi connectivity index (χ3v) is 7.73. The highest BCUT2D eigenvalue weighted by Crippen LogP contribution is 2.61. The van der Waals surface area contributed by atoms with Gasteiger partial charge in [0, 0.05) is 11.6 Å². The molecule has 1 atom stereocenters. The Labute approximate surface area is 149 Å². The minimum atomic E-state index is -3.73. The molecule has 0 aromatic heterocycles. The van der Waals surface area contributed by atoms with Crippen LogP contribution in [0.2, 0.25) is 0 Å². The fraction of sp³-hybridized carbons (Fsp3) is 0.632. The number of carbonyl (C=O) groups excluding carboxylic acids is 1. The molecule has 5 rings (SSSR count). The molecule has 1 aromatic carbocycles. The Morgan fingerprint density at radius 2 is 1.56 bits per heavy atom. The third kappa shape index (κ3) is 3.10. The van der Waals surface area contributed by atoms with Crippen molar-refractivity contribution in [1.29, 1.82) is 0 Å². The molecule has 0 aliphatic heterocycles. The Bertz CT molecular complexity index is 750. The van der Waals surface area contributed by atoms with Gasteiger partial charge in [-0.15, -0.1) is 0 Å². The Kier molecular flexibility index (Phi) is 3.96. The molecule has 25 heavy (non-hydrogen) atoms. The van der Waals surface area contributed by atoms with Crippen LogP contribution in [0.25, 0.3) is 0 Å². The second-order valence-corrected chi connectivity index (χ2v) is 10.1. The van der Waals surface area contributed by atoms with Gasteiger partial charge in [0.25, 0.3) is 5.91 Å². The van der Waals surface area contributed by atoms with Gasteiger partial charge in [0.05, 0.1) is 4.90 Å². The Hall–Kier alpha value is -1.40. The van der Waals surface area contributed by atoms with E-state index < -0.39 is 10.0 Å². The summed E-state index contributed by atoms with van der Waals surface area (Å²) >= 11 is 0. The lowest BCUT2D eigenvalue weighted by Gasteiger charge is -2.59. The predicted octanol–water partition coefficient (Wildman–Crippen LogP) is 2.67. The zero-order chi connectivity index (χ0) is 17.8. The number of amides is 1. The fourth-order valence-electron chi connectivity index (χ4n) is 5.94. The SMILES string of the molecule is C[C@H](NC(=O)c1ccc(S(N)(=O)=O)cc1)C12CC3CC(CC(C3)C1)C2. The lowest BCUT2D eigenvalue weighted by Crippen LogP contribution is -2.55. The monoisotopic (exact) mass is 362 g/mol. The number of nitrogens with one attached hydrogen (secondary N) is 1. The van der Waals surface area contributed by atoms with Gasteiger partial charge in [0.15, 0.2) is 0 Å². The summed E-state index contributed by atoms with van der Waals surface area (Å²) in [6.45, 7) is 2.14. The van der Waals surface area contributed by atoms with Crippen molar-refractivity contribution < 1.29 is 13.2 Å². The van der Waals surface area contributed by atoms with E-state index in [0.29, 0.717) is 5.56 Å². The van der Waals surface area contributed by atoms with Gasteiger partial charge in [0.1, 0.15) is 0 Å². The Morgan fingerprint density at radius 3 is 2.00 bits per heavy atom. The summed E-state index contributed by atoms with van der Waals surface area (Å²) in [7, 11) is -3.73. The molecule has 5 nitrogen and oxygen atoms in total. The van der Waals surface area contributed by atoms with E-state index in [1.165, 1.54) is 62.8 Å². The first-order valence-electron chi connectivity index (χ1n) is 9.19. The van der Waals surface area contributed by atoms with E-state index in [0.717, 1.165) is 17.8 Å². The molecule has 4 saturated carbocycles. The highest BCUT2D eigenvalue weighted by molar-refractivity contribution is 7.89. The van der Waals surface area contributed by atoms with Crippen molar-refractivity contribution in [3.8, 4) is 0 Å².